The van der Waals surface area contributed by atoms with Crippen molar-refractivity contribution in [1.29, 1.82) is 0 Å². The highest BCUT2D eigenvalue weighted by atomic mass is 16.1. The van der Waals surface area contributed by atoms with Gasteiger partial charge in [-0.05, 0) is 37.5 Å². The van der Waals surface area contributed by atoms with E-state index in [9.17, 15) is 9.59 Å². The van der Waals surface area contributed by atoms with Crippen molar-refractivity contribution in [3.8, 4) is 0 Å². The maximum atomic E-state index is 12.5. The number of ketones is 1. The Labute approximate surface area is 119 Å². The summed E-state index contributed by atoms with van der Waals surface area (Å²) in [7, 11) is 0. The molecule has 1 saturated heterocycles. The molecule has 1 heterocycles. The lowest BCUT2D eigenvalue weighted by molar-refractivity contribution is -0.120. The molecular formula is C17H21NO2. The third-order valence-corrected chi connectivity index (χ3v) is 4.87. The zero-order valence-electron chi connectivity index (χ0n) is 11.7. The minimum Gasteiger partial charge on any atom is -0.356 e. The van der Waals surface area contributed by atoms with Gasteiger partial charge in [0.05, 0.1) is 0 Å². The van der Waals surface area contributed by atoms with Crippen LogP contribution in [0.4, 0.5) is 0 Å². The Kier molecular flexibility index (Phi) is 3.86. The van der Waals surface area contributed by atoms with Crippen molar-refractivity contribution in [2.75, 3.05) is 6.54 Å². The van der Waals surface area contributed by atoms with Crippen molar-refractivity contribution in [2.45, 2.75) is 32.1 Å². The van der Waals surface area contributed by atoms with Crippen LogP contribution in [0.2, 0.25) is 0 Å². The third kappa shape index (κ3) is 2.77. The van der Waals surface area contributed by atoms with Gasteiger partial charge in [0.2, 0.25) is 5.91 Å². The Morgan fingerprint density at radius 1 is 1.05 bits per heavy atom. The molecule has 0 spiro atoms. The molecular weight excluding hydrogens is 250 g/mol. The Morgan fingerprint density at radius 2 is 1.85 bits per heavy atom. The molecule has 1 N–H and O–H groups in total. The second-order valence-electron chi connectivity index (χ2n) is 6.10. The number of hydrogen-bond donors (Lipinski definition) is 1. The molecule has 0 aromatic heterocycles. The van der Waals surface area contributed by atoms with E-state index >= 15 is 0 Å². The van der Waals surface area contributed by atoms with Crippen LogP contribution >= 0.6 is 0 Å². The summed E-state index contributed by atoms with van der Waals surface area (Å²) in [4.78, 5) is 24.0. The van der Waals surface area contributed by atoms with Gasteiger partial charge in [-0.25, -0.2) is 0 Å². The number of amides is 1. The minimum atomic E-state index is 0.145. The van der Waals surface area contributed by atoms with E-state index < -0.39 is 0 Å². The van der Waals surface area contributed by atoms with Gasteiger partial charge in [-0.1, -0.05) is 30.3 Å². The van der Waals surface area contributed by atoms with Crippen LogP contribution in [0.5, 0.6) is 0 Å². The molecule has 3 rings (SSSR count). The molecule has 1 aliphatic carbocycles. The first-order chi connectivity index (χ1) is 9.74. The number of fused-ring (bicyclic) bond motifs is 1. The largest absolute Gasteiger partial charge is 0.356 e. The van der Waals surface area contributed by atoms with E-state index in [4.69, 9.17) is 0 Å². The monoisotopic (exact) mass is 271 g/mol. The van der Waals surface area contributed by atoms with E-state index in [1.54, 1.807) is 0 Å². The summed E-state index contributed by atoms with van der Waals surface area (Å²) in [6.45, 7) is 0.801. The lowest BCUT2D eigenvalue weighted by Crippen LogP contribution is -2.33. The number of nitrogens with one attached hydrogen (secondary N) is 1. The van der Waals surface area contributed by atoms with Crippen molar-refractivity contribution in [3.05, 3.63) is 35.9 Å². The van der Waals surface area contributed by atoms with E-state index in [1.165, 1.54) is 0 Å². The van der Waals surface area contributed by atoms with Gasteiger partial charge in [0, 0.05) is 24.4 Å². The molecule has 1 saturated carbocycles. The molecule has 0 bridgehead atoms. The first kappa shape index (κ1) is 13.3. The number of carbonyl (C=O) groups is 2. The average molecular weight is 271 g/mol. The summed E-state index contributed by atoms with van der Waals surface area (Å²) >= 11 is 0. The predicted molar refractivity (Wildman–Crippen MR) is 77.3 cm³/mol. The van der Waals surface area contributed by atoms with E-state index in [2.05, 4.69) is 5.32 Å². The third-order valence-electron chi connectivity index (χ3n) is 4.87. The Morgan fingerprint density at radius 3 is 2.65 bits per heavy atom. The summed E-state index contributed by atoms with van der Waals surface area (Å²) in [5.74, 6) is 1.70. The van der Waals surface area contributed by atoms with Gasteiger partial charge in [0.15, 0.2) is 5.78 Å². The van der Waals surface area contributed by atoms with Gasteiger partial charge in [0.25, 0.3) is 0 Å². The second-order valence-corrected chi connectivity index (χ2v) is 6.10. The molecule has 1 amide bonds. The Bertz CT molecular complexity index is 497. The van der Waals surface area contributed by atoms with Gasteiger partial charge in [0.1, 0.15) is 0 Å². The van der Waals surface area contributed by atoms with E-state index in [-0.39, 0.29) is 17.6 Å². The molecule has 106 valence electrons. The Hall–Kier alpha value is -1.64. The van der Waals surface area contributed by atoms with Gasteiger partial charge >= 0.3 is 0 Å². The van der Waals surface area contributed by atoms with Crippen molar-refractivity contribution in [3.63, 3.8) is 0 Å². The summed E-state index contributed by atoms with van der Waals surface area (Å²) in [5, 5.41) is 3.00. The second kappa shape index (κ2) is 5.78. The van der Waals surface area contributed by atoms with Crippen LogP contribution in [0.1, 0.15) is 42.5 Å². The SMILES string of the molecule is O=C1CCC2CC(C(=O)c3ccccc3)CCC2CN1. The number of benzene rings is 1. The number of Topliss-reactive ketones (excluding diaryl/α,β-unsaturated/α-hetero) is 1. The van der Waals surface area contributed by atoms with Crippen LogP contribution < -0.4 is 5.32 Å². The van der Waals surface area contributed by atoms with Crippen LogP contribution in [0.3, 0.4) is 0 Å². The standard InChI is InChI=1S/C17H21NO2/c19-16-9-8-13-10-14(6-7-15(13)11-18-16)17(20)12-4-2-1-3-5-12/h1-5,13-15H,6-11H2,(H,18,19). The van der Waals surface area contributed by atoms with Crippen molar-refractivity contribution in [2.24, 2.45) is 17.8 Å². The molecule has 1 aromatic carbocycles. The van der Waals surface area contributed by atoms with Gasteiger partial charge in [-0.15, -0.1) is 0 Å². The first-order valence-electron chi connectivity index (χ1n) is 7.60. The van der Waals surface area contributed by atoms with Gasteiger partial charge in [-0.2, -0.15) is 0 Å². The summed E-state index contributed by atoms with van der Waals surface area (Å²) < 4.78 is 0. The molecule has 1 aromatic rings. The summed E-state index contributed by atoms with van der Waals surface area (Å²) in [6.07, 6.45) is 4.54. The van der Waals surface area contributed by atoms with Gasteiger partial charge < -0.3 is 5.32 Å². The highest BCUT2D eigenvalue weighted by Gasteiger charge is 2.35. The molecule has 3 unspecified atom stereocenters. The molecule has 20 heavy (non-hydrogen) atoms. The van der Waals surface area contributed by atoms with Crippen molar-refractivity contribution < 1.29 is 9.59 Å². The quantitative estimate of drug-likeness (QED) is 0.841. The van der Waals surface area contributed by atoms with Crippen LogP contribution in [0, 0.1) is 17.8 Å². The van der Waals surface area contributed by atoms with E-state index in [0.717, 1.165) is 37.8 Å². The van der Waals surface area contributed by atoms with Gasteiger partial charge in [-0.3, -0.25) is 9.59 Å². The van der Waals surface area contributed by atoms with Crippen LogP contribution in [0.25, 0.3) is 0 Å². The van der Waals surface area contributed by atoms with E-state index in [1.807, 2.05) is 30.3 Å². The maximum absolute atomic E-state index is 12.5. The van der Waals surface area contributed by atoms with Crippen molar-refractivity contribution in [1.82, 2.24) is 5.32 Å². The molecule has 1 aliphatic heterocycles. The van der Waals surface area contributed by atoms with Crippen LogP contribution in [0.15, 0.2) is 30.3 Å². The fraction of sp³-hybridized carbons (Fsp3) is 0.529. The molecule has 0 radical (unpaired) electrons. The first-order valence-corrected chi connectivity index (χ1v) is 7.60. The van der Waals surface area contributed by atoms with E-state index in [0.29, 0.717) is 18.3 Å². The number of rotatable bonds is 2. The highest BCUT2D eigenvalue weighted by molar-refractivity contribution is 5.97. The minimum absolute atomic E-state index is 0.145. The number of carbonyl (C=O) groups excluding carboxylic acids is 2. The molecule has 2 aliphatic rings. The van der Waals surface area contributed by atoms with Crippen molar-refractivity contribution >= 4 is 11.7 Å². The fourth-order valence-electron chi connectivity index (χ4n) is 3.68. The molecule has 3 atom stereocenters. The molecule has 3 heteroatoms. The maximum Gasteiger partial charge on any atom is 0.220 e. The summed E-state index contributed by atoms with van der Waals surface area (Å²) in [5.41, 5.74) is 0.832. The molecule has 3 nitrogen and oxygen atoms in total. The zero-order valence-corrected chi connectivity index (χ0v) is 11.7. The average Bonchev–Trinajstić information content (AvgIpc) is 2.69. The van der Waals surface area contributed by atoms with Crippen LogP contribution in [-0.2, 0) is 4.79 Å². The Balaban J connectivity index is 1.69. The molecule has 2 fully saturated rings. The predicted octanol–water partition coefficient (Wildman–Crippen LogP) is 2.81. The van der Waals surface area contributed by atoms with Crippen LogP contribution in [-0.4, -0.2) is 18.2 Å². The highest BCUT2D eigenvalue weighted by Crippen LogP contribution is 2.38. The smallest absolute Gasteiger partial charge is 0.220 e. The number of hydrogen-bond acceptors (Lipinski definition) is 2. The zero-order chi connectivity index (χ0) is 13.9. The lowest BCUT2D eigenvalue weighted by Gasteiger charge is -2.34. The summed E-state index contributed by atoms with van der Waals surface area (Å²) in [6, 6.07) is 9.61. The normalized spacial score (nSPS) is 30.0. The fourth-order valence-corrected chi connectivity index (χ4v) is 3.68. The lowest BCUT2D eigenvalue weighted by atomic mass is 9.71. The topological polar surface area (TPSA) is 46.2 Å².